The zero-order chi connectivity index (χ0) is 18.0. The first-order valence-corrected chi connectivity index (χ1v) is 8.49. The van der Waals surface area contributed by atoms with Crippen molar-refractivity contribution in [2.45, 2.75) is 33.6 Å². The van der Waals surface area contributed by atoms with Crippen molar-refractivity contribution in [3.8, 4) is 5.88 Å². The third-order valence-corrected chi connectivity index (χ3v) is 4.16. The number of hydrogen-bond acceptors (Lipinski definition) is 4. The molecule has 25 heavy (non-hydrogen) atoms. The number of aromatic nitrogens is 3. The van der Waals surface area contributed by atoms with Gasteiger partial charge in [0.25, 0.3) is 0 Å². The molecule has 0 aliphatic rings. The molecule has 5 heteroatoms. The average Bonchev–Trinajstić information content (AvgIpc) is 2.98. The smallest absolute Gasteiger partial charge is 0.236 e. The van der Waals surface area contributed by atoms with Gasteiger partial charge in [0.2, 0.25) is 5.88 Å². The molecule has 0 aliphatic heterocycles. The number of fused-ring (bicyclic) bond motifs is 1. The van der Waals surface area contributed by atoms with Crippen molar-refractivity contribution in [2.75, 3.05) is 7.11 Å². The lowest BCUT2D eigenvalue weighted by Gasteiger charge is -2.13. The summed E-state index contributed by atoms with van der Waals surface area (Å²) in [6.07, 6.45) is 3.23. The number of ketones is 1. The number of nitrogens with zero attached hydrogens (tertiary/aromatic N) is 2. The van der Waals surface area contributed by atoms with E-state index >= 15 is 0 Å². The highest BCUT2D eigenvalue weighted by Crippen LogP contribution is 2.25. The van der Waals surface area contributed by atoms with Gasteiger partial charge in [-0.1, -0.05) is 32.0 Å². The lowest BCUT2D eigenvalue weighted by molar-refractivity contribution is 0.101. The number of benzene rings is 1. The van der Waals surface area contributed by atoms with Crippen LogP contribution in [-0.4, -0.2) is 27.8 Å². The number of carbonyl (C=O) groups excluding carboxylic acids is 1. The number of aromatic amines is 1. The van der Waals surface area contributed by atoms with Crippen molar-refractivity contribution < 1.29 is 9.53 Å². The summed E-state index contributed by atoms with van der Waals surface area (Å²) in [5.74, 6) is 0.813. The van der Waals surface area contributed by atoms with Crippen molar-refractivity contribution >= 4 is 16.7 Å². The molecule has 0 bridgehead atoms. The highest BCUT2D eigenvalue weighted by Gasteiger charge is 2.19. The van der Waals surface area contributed by atoms with Crippen molar-refractivity contribution in [3.05, 3.63) is 53.1 Å². The number of para-hydroxylation sites is 1. The number of ether oxygens (including phenoxy) is 1. The predicted molar refractivity (Wildman–Crippen MR) is 98.2 cm³/mol. The third-order valence-electron chi connectivity index (χ3n) is 4.16. The summed E-state index contributed by atoms with van der Waals surface area (Å²) in [4.78, 5) is 24.6. The fraction of sp³-hybridized carbons (Fsp3) is 0.350. The van der Waals surface area contributed by atoms with Crippen LogP contribution in [0.15, 0.2) is 30.5 Å². The Balaban J connectivity index is 2.05. The number of methoxy groups -OCH3 is 1. The molecule has 5 nitrogen and oxygen atoms in total. The first-order valence-electron chi connectivity index (χ1n) is 8.49. The molecule has 3 rings (SSSR count). The Bertz CT molecular complexity index is 912. The van der Waals surface area contributed by atoms with Crippen molar-refractivity contribution in [1.82, 2.24) is 15.0 Å². The quantitative estimate of drug-likeness (QED) is 0.691. The van der Waals surface area contributed by atoms with Gasteiger partial charge < -0.3 is 9.72 Å². The predicted octanol–water partition coefficient (Wildman–Crippen LogP) is 3.96. The maximum atomic E-state index is 12.1. The van der Waals surface area contributed by atoms with Crippen LogP contribution in [0.4, 0.5) is 0 Å². The largest absolute Gasteiger partial charge is 0.480 e. The molecule has 0 unspecified atom stereocenters. The van der Waals surface area contributed by atoms with Crippen LogP contribution in [0.2, 0.25) is 0 Å². The number of nitrogens with one attached hydrogen (secondary N) is 1. The minimum absolute atomic E-state index is 0.0639. The first kappa shape index (κ1) is 17.1. The third kappa shape index (κ3) is 3.55. The van der Waals surface area contributed by atoms with Crippen LogP contribution in [0, 0.1) is 5.92 Å². The lowest BCUT2D eigenvalue weighted by Crippen LogP contribution is -2.13. The topological polar surface area (TPSA) is 67.9 Å². The fourth-order valence-corrected chi connectivity index (χ4v) is 3.04. The van der Waals surface area contributed by atoms with E-state index in [0.717, 1.165) is 16.5 Å². The van der Waals surface area contributed by atoms with E-state index in [0.29, 0.717) is 41.7 Å². The van der Waals surface area contributed by atoms with E-state index in [1.165, 1.54) is 6.92 Å². The normalized spacial score (nSPS) is 11.2. The Morgan fingerprint density at radius 1 is 1.20 bits per heavy atom. The van der Waals surface area contributed by atoms with Gasteiger partial charge in [-0.05, 0) is 24.0 Å². The van der Waals surface area contributed by atoms with Gasteiger partial charge in [0.15, 0.2) is 5.78 Å². The summed E-state index contributed by atoms with van der Waals surface area (Å²) in [5.41, 5.74) is 4.03. The Morgan fingerprint density at radius 2 is 1.96 bits per heavy atom. The Hall–Kier alpha value is -2.69. The summed E-state index contributed by atoms with van der Waals surface area (Å²) in [6, 6.07) is 8.11. The van der Waals surface area contributed by atoms with Gasteiger partial charge in [-0.3, -0.25) is 4.79 Å². The molecule has 2 heterocycles. The van der Waals surface area contributed by atoms with Crippen LogP contribution in [0.1, 0.15) is 48.2 Å². The summed E-state index contributed by atoms with van der Waals surface area (Å²) >= 11 is 0. The second-order valence-electron chi connectivity index (χ2n) is 6.67. The standard InChI is InChI=1S/C20H23N3O2/c1-12(2)9-17-19(13(3)24)22-18(20(23-17)25-4)10-14-11-21-16-8-6-5-7-15(14)16/h5-8,11-12,21H,9-10H2,1-4H3. The summed E-state index contributed by atoms with van der Waals surface area (Å²) in [5, 5.41) is 1.14. The number of Topliss-reactive ketones (excluding diaryl/α,β-unsaturated/α-hetero) is 1. The molecule has 0 aliphatic carbocycles. The van der Waals surface area contributed by atoms with Crippen molar-refractivity contribution in [1.29, 1.82) is 0 Å². The van der Waals surface area contributed by atoms with E-state index in [4.69, 9.17) is 4.74 Å². The molecule has 0 fully saturated rings. The Kier molecular flexibility index (Phi) is 4.83. The molecule has 2 aromatic heterocycles. The van der Waals surface area contributed by atoms with E-state index < -0.39 is 0 Å². The minimum Gasteiger partial charge on any atom is -0.480 e. The highest BCUT2D eigenvalue weighted by atomic mass is 16.5. The molecule has 0 amide bonds. The molecule has 1 N–H and O–H groups in total. The number of hydrogen-bond donors (Lipinski definition) is 1. The van der Waals surface area contributed by atoms with Gasteiger partial charge in [-0.25, -0.2) is 9.97 Å². The molecule has 0 saturated heterocycles. The summed E-state index contributed by atoms with van der Waals surface area (Å²) in [6.45, 7) is 5.73. The van der Waals surface area contributed by atoms with E-state index in [1.54, 1.807) is 7.11 Å². The van der Waals surface area contributed by atoms with Gasteiger partial charge in [-0.15, -0.1) is 0 Å². The van der Waals surface area contributed by atoms with Crippen molar-refractivity contribution in [3.63, 3.8) is 0 Å². The van der Waals surface area contributed by atoms with Gasteiger partial charge in [-0.2, -0.15) is 0 Å². The highest BCUT2D eigenvalue weighted by molar-refractivity contribution is 5.93. The van der Waals surface area contributed by atoms with Crippen LogP contribution < -0.4 is 4.74 Å². The van der Waals surface area contributed by atoms with E-state index in [2.05, 4.69) is 34.9 Å². The fourth-order valence-electron chi connectivity index (χ4n) is 3.04. The second kappa shape index (κ2) is 7.05. The monoisotopic (exact) mass is 337 g/mol. The van der Waals surface area contributed by atoms with Gasteiger partial charge in [0.05, 0.1) is 12.8 Å². The number of carbonyl (C=O) groups is 1. The number of H-pyrrole nitrogens is 1. The van der Waals surface area contributed by atoms with Crippen molar-refractivity contribution in [2.24, 2.45) is 5.92 Å². The summed E-state index contributed by atoms with van der Waals surface area (Å²) < 4.78 is 5.47. The maximum Gasteiger partial charge on any atom is 0.236 e. The zero-order valence-electron chi connectivity index (χ0n) is 15.1. The van der Waals surface area contributed by atoms with E-state index in [9.17, 15) is 4.79 Å². The number of rotatable bonds is 6. The molecule has 0 saturated carbocycles. The van der Waals surface area contributed by atoms with Crippen LogP contribution in [-0.2, 0) is 12.8 Å². The first-order chi connectivity index (χ1) is 12.0. The minimum atomic E-state index is -0.0639. The Morgan fingerprint density at radius 3 is 2.64 bits per heavy atom. The molecule has 0 radical (unpaired) electrons. The van der Waals surface area contributed by atoms with Crippen LogP contribution in [0.5, 0.6) is 5.88 Å². The second-order valence-corrected chi connectivity index (χ2v) is 6.67. The lowest BCUT2D eigenvalue weighted by atomic mass is 10.0. The van der Waals surface area contributed by atoms with Crippen LogP contribution >= 0.6 is 0 Å². The molecule has 0 atom stereocenters. The molecule has 130 valence electrons. The van der Waals surface area contributed by atoms with E-state index in [1.807, 2.05) is 24.4 Å². The van der Waals surface area contributed by atoms with Gasteiger partial charge >= 0.3 is 0 Å². The molecule has 1 aromatic carbocycles. The van der Waals surface area contributed by atoms with E-state index in [-0.39, 0.29) is 5.78 Å². The zero-order valence-corrected chi connectivity index (χ0v) is 15.1. The Labute approximate surface area is 147 Å². The molecule has 0 spiro atoms. The van der Waals surface area contributed by atoms with Gasteiger partial charge in [0.1, 0.15) is 11.4 Å². The van der Waals surface area contributed by atoms with Crippen LogP contribution in [0.3, 0.4) is 0 Å². The maximum absolute atomic E-state index is 12.1. The molecular formula is C20H23N3O2. The van der Waals surface area contributed by atoms with Crippen LogP contribution in [0.25, 0.3) is 10.9 Å². The van der Waals surface area contributed by atoms with Gasteiger partial charge in [0, 0.05) is 30.4 Å². The SMILES string of the molecule is COc1nc(CC(C)C)c(C(C)=O)nc1Cc1c[nH]c2ccccc12. The summed E-state index contributed by atoms with van der Waals surface area (Å²) in [7, 11) is 1.59. The average molecular weight is 337 g/mol. The molecular weight excluding hydrogens is 314 g/mol. The molecule has 3 aromatic rings.